The Kier molecular flexibility index (Phi) is 7.08. The zero-order valence-electron chi connectivity index (χ0n) is 14.4. The lowest BCUT2D eigenvalue weighted by Crippen LogP contribution is -2.26. The minimum absolute atomic E-state index is 0.0882. The molecular weight excluding hydrogens is 302 g/mol. The molecule has 0 fully saturated rings. The van der Waals surface area contributed by atoms with Gasteiger partial charge in [0, 0.05) is 43.7 Å². The molecule has 5 nitrogen and oxygen atoms in total. The number of hydrogen-bond acceptors (Lipinski definition) is 4. The van der Waals surface area contributed by atoms with Gasteiger partial charge in [0.15, 0.2) is 0 Å². The molecule has 2 rings (SSSR count). The van der Waals surface area contributed by atoms with E-state index in [0.29, 0.717) is 24.6 Å². The fourth-order valence-corrected chi connectivity index (χ4v) is 2.37. The molecule has 0 radical (unpaired) electrons. The van der Waals surface area contributed by atoms with Gasteiger partial charge in [-0.1, -0.05) is 18.2 Å². The summed E-state index contributed by atoms with van der Waals surface area (Å²) in [6.45, 7) is 4.05. The highest BCUT2D eigenvalue weighted by atomic mass is 16.5. The Labute approximate surface area is 143 Å². The van der Waals surface area contributed by atoms with Crippen LogP contribution in [0.1, 0.15) is 30.1 Å². The van der Waals surface area contributed by atoms with Crippen LogP contribution < -0.4 is 15.0 Å². The third-order valence-corrected chi connectivity index (χ3v) is 3.69. The number of nitrogens with zero attached hydrogens (tertiary/aromatic N) is 2. The molecule has 0 aliphatic carbocycles. The average Bonchev–Trinajstić information content (AvgIpc) is 2.62. The van der Waals surface area contributed by atoms with Crippen molar-refractivity contribution in [3.63, 3.8) is 0 Å². The van der Waals surface area contributed by atoms with Crippen LogP contribution in [0.25, 0.3) is 0 Å². The van der Waals surface area contributed by atoms with Crippen molar-refractivity contribution < 1.29 is 9.53 Å². The second kappa shape index (κ2) is 9.55. The highest BCUT2D eigenvalue weighted by Gasteiger charge is 2.07. The molecule has 2 aromatic rings. The summed E-state index contributed by atoms with van der Waals surface area (Å²) in [6, 6.07) is 13.7. The zero-order valence-corrected chi connectivity index (χ0v) is 14.4. The second-order valence-electron chi connectivity index (χ2n) is 5.54. The van der Waals surface area contributed by atoms with Gasteiger partial charge in [-0.15, -0.1) is 0 Å². The van der Waals surface area contributed by atoms with Gasteiger partial charge >= 0.3 is 0 Å². The summed E-state index contributed by atoms with van der Waals surface area (Å²) in [7, 11) is 2.08. The molecule has 0 saturated carbocycles. The molecule has 1 amide bonds. The number of hydrogen-bond donors (Lipinski definition) is 1. The third kappa shape index (κ3) is 5.57. The van der Waals surface area contributed by atoms with Gasteiger partial charge in [-0.05, 0) is 38.0 Å². The Morgan fingerprint density at radius 3 is 2.75 bits per heavy atom. The molecule has 24 heavy (non-hydrogen) atoms. The first-order valence-electron chi connectivity index (χ1n) is 8.34. The number of carbonyl (C=O) groups excluding carboxylic acids is 1. The summed E-state index contributed by atoms with van der Waals surface area (Å²) >= 11 is 0. The van der Waals surface area contributed by atoms with E-state index in [1.807, 2.05) is 25.1 Å². The average molecular weight is 327 g/mol. The number of nitrogens with one attached hydrogen (secondary N) is 1. The third-order valence-electron chi connectivity index (χ3n) is 3.69. The van der Waals surface area contributed by atoms with Gasteiger partial charge in [0.05, 0.1) is 6.61 Å². The number of para-hydroxylation sites is 1. The molecule has 1 N–H and O–H groups in total. The van der Waals surface area contributed by atoms with E-state index in [1.165, 1.54) is 5.69 Å². The molecule has 1 aromatic heterocycles. The molecule has 0 bridgehead atoms. The monoisotopic (exact) mass is 327 g/mol. The SMILES string of the molecule is CCOc1cc(C(=O)NCCCCN(C)c2ccccc2)ccn1. The van der Waals surface area contributed by atoms with Crippen LogP contribution >= 0.6 is 0 Å². The number of amides is 1. The summed E-state index contributed by atoms with van der Waals surface area (Å²) in [5.74, 6) is 0.393. The predicted octanol–water partition coefficient (Wildman–Crippen LogP) is 3.13. The molecule has 0 spiro atoms. The van der Waals surface area contributed by atoms with Crippen molar-refractivity contribution in [3.05, 3.63) is 54.2 Å². The lowest BCUT2D eigenvalue weighted by atomic mass is 10.2. The molecule has 0 aliphatic rings. The van der Waals surface area contributed by atoms with Crippen LogP contribution in [-0.4, -0.2) is 37.6 Å². The summed E-state index contributed by atoms with van der Waals surface area (Å²) in [6.07, 6.45) is 3.55. The van der Waals surface area contributed by atoms with Crippen molar-refractivity contribution in [1.29, 1.82) is 0 Å². The number of ether oxygens (including phenoxy) is 1. The lowest BCUT2D eigenvalue weighted by Gasteiger charge is -2.19. The van der Waals surface area contributed by atoms with Crippen LogP contribution in [-0.2, 0) is 0 Å². The number of carbonyl (C=O) groups is 1. The van der Waals surface area contributed by atoms with E-state index in [9.17, 15) is 4.79 Å². The number of pyridine rings is 1. The van der Waals surface area contributed by atoms with Gasteiger partial charge in [0.2, 0.25) is 5.88 Å². The highest BCUT2D eigenvalue weighted by molar-refractivity contribution is 5.94. The number of unbranched alkanes of at least 4 members (excludes halogenated alkanes) is 1. The molecule has 1 aromatic carbocycles. The molecule has 1 heterocycles. The minimum atomic E-state index is -0.0882. The number of aromatic nitrogens is 1. The van der Waals surface area contributed by atoms with E-state index >= 15 is 0 Å². The normalized spacial score (nSPS) is 10.2. The molecule has 0 saturated heterocycles. The summed E-state index contributed by atoms with van der Waals surface area (Å²) in [5, 5.41) is 2.94. The Balaban J connectivity index is 1.68. The van der Waals surface area contributed by atoms with Crippen LogP contribution in [0.5, 0.6) is 5.88 Å². The summed E-state index contributed by atoms with van der Waals surface area (Å²) < 4.78 is 5.31. The first-order valence-corrected chi connectivity index (χ1v) is 8.34. The second-order valence-corrected chi connectivity index (χ2v) is 5.54. The quantitative estimate of drug-likeness (QED) is 0.719. The fraction of sp³-hybridized carbons (Fsp3) is 0.368. The lowest BCUT2D eigenvalue weighted by molar-refractivity contribution is 0.0952. The Morgan fingerprint density at radius 2 is 2.00 bits per heavy atom. The van der Waals surface area contributed by atoms with Crippen molar-refractivity contribution in [2.45, 2.75) is 19.8 Å². The molecule has 128 valence electrons. The number of anilines is 1. The largest absolute Gasteiger partial charge is 0.478 e. The van der Waals surface area contributed by atoms with E-state index in [1.54, 1.807) is 18.3 Å². The molecule has 0 atom stereocenters. The van der Waals surface area contributed by atoms with Gasteiger partial charge in [0.1, 0.15) is 0 Å². The number of benzene rings is 1. The Morgan fingerprint density at radius 1 is 1.21 bits per heavy atom. The summed E-state index contributed by atoms with van der Waals surface area (Å²) in [4.78, 5) is 18.4. The van der Waals surface area contributed by atoms with Crippen LogP contribution in [0, 0.1) is 0 Å². The van der Waals surface area contributed by atoms with Gasteiger partial charge < -0.3 is 15.0 Å². The fourth-order valence-electron chi connectivity index (χ4n) is 2.37. The van der Waals surface area contributed by atoms with E-state index in [4.69, 9.17) is 4.74 Å². The highest BCUT2D eigenvalue weighted by Crippen LogP contribution is 2.11. The van der Waals surface area contributed by atoms with Gasteiger partial charge in [0.25, 0.3) is 5.91 Å². The van der Waals surface area contributed by atoms with E-state index in [-0.39, 0.29) is 5.91 Å². The van der Waals surface area contributed by atoms with Crippen molar-refractivity contribution in [1.82, 2.24) is 10.3 Å². The van der Waals surface area contributed by atoms with E-state index in [2.05, 4.69) is 34.4 Å². The molecule has 0 unspecified atom stereocenters. The maximum Gasteiger partial charge on any atom is 0.251 e. The first-order chi connectivity index (χ1) is 11.7. The number of rotatable bonds is 9. The maximum absolute atomic E-state index is 12.1. The Hall–Kier alpha value is -2.56. The molecule has 0 aliphatic heterocycles. The predicted molar refractivity (Wildman–Crippen MR) is 96.7 cm³/mol. The van der Waals surface area contributed by atoms with Crippen LogP contribution in [0.15, 0.2) is 48.7 Å². The van der Waals surface area contributed by atoms with Crippen LogP contribution in [0.2, 0.25) is 0 Å². The smallest absolute Gasteiger partial charge is 0.251 e. The summed E-state index contributed by atoms with van der Waals surface area (Å²) in [5.41, 5.74) is 1.79. The van der Waals surface area contributed by atoms with Crippen LogP contribution in [0.4, 0.5) is 5.69 Å². The maximum atomic E-state index is 12.1. The van der Waals surface area contributed by atoms with Gasteiger partial charge in [-0.3, -0.25) is 4.79 Å². The van der Waals surface area contributed by atoms with Gasteiger partial charge in [-0.2, -0.15) is 0 Å². The van der Waals surface area contributed by atoms with E-state index in [0.717, 1.165) is 19.4 Å². The van der Waals surface area contributed by atoms with Crippen LogP contribution in [0.3, 0.4) is 0 Å². The van der Waals surface area contributed by atoms with Crippen molar-refractivity contribution >= 4 is 11.6 Å². The first kappa shape index (κ1) is 17.8. The zero-order chi connectivity index (χ0) is 17.2. The van der Waals surface area contributed by atoms with Crippen molar-refractivity contribution in [2.75, 3.05) is 31.6 Å². The van der Waals surface area contributed by atoms with Crippen molar-refractivity contribution in [2.24, 2.45) is 0 Å². The van der Waals surface area contributed by atoms with E-state index < -0.39 is 0 Å². The van der Waals surface area contributed by atoms with Crippen molar-refractivity contribution in [3.8, 4) is 5.88 Å². The topological polar surface area (TPSA) is 54.5 Å². The van der Waals surface area contributed by atoms with Gasteiger partial charge in [-0.25, -0.2) is 4.98 Å². The minimum Gasteiger partial charge on any atom is -0.478 e. The Bertz CT molecular complexity index is 632. The molecular formula is C19H25N3O2. The molecule has 5 heteroatoms. The standard InChI is InChI=1S/C19H25N3O2/c1-3-24-18-15-16(11-13-20-18)19(23)21-12-7-8-14-22(2)17-9-5-4-6-10-17/h4-6,9-11,13,15H,3,7-8,12,14H2,1-2H3,(H,21,23).